The lowest BCUT2D eigenvalue weighted by Gasteiger charge is -2.32. The summed E-state index contributed by atoms with van der Waals surface area (Å²) in [5.74, 6) is 0.968. The quantitative estimate of drug-likeness (QED) is 0.241. The van der Waals surface area contributed by atoms with E-state index in [1.165, 1.54) is 50.2 Å². The summed E-state index contributed by atoms with van der Waals surface area (Å²) >= 11 is 0. The lowest BCUT2D eigenvalue weighted by atomic mass is 10.1. The molecule has 0 unspecified atom stereocenters. The van der Waals surface area contributed by atoms with Gasteiger partial charge < -0.3 is 15.5 Å². The fourth-order valence-electron chi connectivity index (χ4n) is 3.22. The molecule has 1 aliphatic heterocycles. The lowest BCUT2D eigenvalue weighted by Crippen LogP contribution is -2.48. The second-order valence-corrected chi connectivity index (χ2v) is 6.64. The van der Waals surface area contributed by atoms with E-state index in [2.05, 4.69) is 46.5 Å². The number of aliphatic imine (C=N–C) groups is 1. The molecule has 3 N–H and O–H groups in total. The normalized spacial score (nSPS) is 16.5. The SMILES string of the molecule is CCCN1CCC(NC(=NCCCc2cn[nH]c2C)NCC)CC1.I. The molecule has 0 radical (unpaired) electrons. The molecule has 0 saturated carbocycles. The molecule has 1 saturated heterocycles. The van der Waals surface area contributed by atoms with Crippen LogP contribution in [0.2, 0.25) is 0 Å². The third-order valence-electron chi connectivity index (χ3n) is 4.62. The van der Waals surface area contributed by atoms with E-state index < -0.39 is 0 Å². The summed E-state index contributed by atoms with van der Waals surface area (Å²) in [6.07, 6.45) is 7.66. The minimum Gasteiger partial charge on any atom is -0.357 e. The monoisotopic (exact) mass is 462 g/mol. The number of nitrogens with one attached hydrogen (secondary N) is 3. The molecule has 0 spiro atoms. The molecule has 6 nitrogen and oxygen atoms in total. The highest BCUT2D eigenvalue weighted by atomic mass is 127. The van der Waals surface area contributed by atoms with Gasteiger partial charge >= 0.3 is 0 Å². The topological polar surface area (TPSA) is 68.3 Å². The van der Waals surface area contributed by atoms with Crippen LogP contribution in [-0.4, -0.2) is 59.8 Å². The maximum absolute atomic E-state index is 4.74. The Morgan fingerprint density at radius 1 is 1.36 bits per heavy atom. The van der Waals surface area contributed by atoms with Crippen LogP contribution in [-0.2, 0) is 6.42 Å². The van der Waals surface area contributed by atoms with Gasteiger partial charge in [-0.1, -0.05) is 6.92 Å². The average molecular weight is 462 g/mol. The van der Waals surface area contributed by atoms with Crippen molar-refractivity contribution in [1.82, 2.24) is 25.7 Å². The van der Waals surface area contributed by atoms with Gasteiger partial charge in [0.15, 0.2) is 5.96 Å². The second kappa shape index (κ2) is 12.5. The largest absolute Gasteiger partial charge is 0.357 e. The van der Waals surface area contributed by atoms with Gasteiger partial charge in [-0.05, 0) is 58.1 Å². The summed E-state index contributed by atoms with van der Waals surface area (Å²) in [5.41, 5.74) is 2.47. The predicted octanol–water partition coefficient (Wildman–Crippen LogP) is 2.70. The Labute approximate surface area is 169 Å². The van der Waals surface area contributed by atoms with E-state index >= 15 is 0 Å². The number of rotatable bonds is 8. The molecular weight excluding hydrogens is 427 g/mol. The Bertz CT molecular complexity index is 494. The van der Waals surface area contributed by atoms with Gasteiger partial charge in [-0.2, -0.15) is 5.10 Å². The summed E-state index contributed by atoms with van der Waals surface area (Å²) in [7, 11) is 0. The summed E-state index contributed by atoms with van der Waals surface area (Å²) in [6, 6.07) is 0.548. The first-order chi connectivity index (χ1) is 11.7. The van der Waals surface area contributed by atoms with Crippen LogP contribution in [0.5, 0.6) is 0 Å². The van der Waals surface area contributed by atoms with Crippen LogP contribution < -0.4 is 10.6 Å². The Balaban J connectivity index is 0.00000312. The summed E-state index contributed by atoms with van der Waals surface area (Å²) in [5, 5.41) is 14.1. The Kier molecular flexibility index (Phi) is 11.1. The molecule has 1 aromatic rings. The Morgan fingerprint density at radius 2 is 2.12 bits per heavy atom. The van der Waals surface area contributed by atoms with Crippen LogP contribution in [0.4, 0.5) is 0 Å². The number of H-pyrrole nitrogens is 1. The first kappa shape index (κ1) is 22.2. The highest BCUT2D eigenvalue weighted by Crippen LogP contribution is 2.10. The van der Waals surface area contributed by atoms with Gasteiger partial charge in [0.2, 0.25) is 0 Å². The number of likely N-dealkylation sites (tertiary alicyclic amines) is 1. The van der Waals surface area contributed by atoms with Crippen molar-refractivity contribution in [1.29, 1.82) is 0 Å². The number of aryl methyl sites for hydroxylation is 2. The maximum Gasteiger partial charge on any atom is 0.191 e. The van der Waals surface area contributed by atoms with Gasteiger partial charge in [-0.3, -0.25) is 10.1 Å². The fourth-order valence-corrected chi connectivity index (χ4v) is 3.22. The lowest BCUT2D eigenvalue weighted by molar-refractivity contribution is 0.206. The second-order valence-electron chi connectivity index (χ2n) is 6.64. The minimum absolute atomic E-state index is 0. The summed E-state index contributed by atoms with van der Waals surface area (Å²) < 4.78 is 0. The molecule has 0 aromatic carbocycles. The zero-order chi connectivity index (χ0) is 17.2. The Hall–Kier alpha value is -0.830. The van der Waals surface area contributed by atoms with Crippen molar-refractivity contribution in [3.8, 4) is 0 Å². The predicted molar refractivity (Wildman–Crippen MR) is 116 cm³/mol. The number of nitrogens with zero attached hydrogens (tertiary/aromatic N) is 3. The van der Waals surface area contributed by atoms with Gasteiger partial charge in [0.1, 0.15) is 0 Å². The highest BCUT2D eigenvalue weighted by molar-refractivity contribution is 14.0. The van der Waals surface area contributed by atoms with E-state index in [4.69, 9.17) is 4.99 Å². The number of aromatic amines is 1. The molecule has 1 fully saturated rings. The first-order valence-corrected chi connectivity index (χ1v) is 9.49. The molecule has 1 aromatic heterocycles. The van der Waals surface area contributed by atoms with E-state index in [-0.39, 0.29) is 24.0 Å². The number of halogens is 1. The number of piperidine rings is 1. The van der Waals surface area contributed by atoms with Gasteiger partial charge in [0.05, 0.1) is 6.20 Å². The standard InChI is InChI=1S/C18H34N6.HI/c1-4-11-24-12-8-17(9-13-24)22-18(19-5-2)20-10-6-7-16-14-21-23-15(16)3;/h14,17H,4-13H2,1-3H3,(H,21,23)(H2,19,20,22);1H. The van der Waals surface area contributed by atoms with Crippen LogP contribution >= 0.6 is 24.0 Å². The number of guanidine groups is 1. The first-order valence-electron chi connectivity index (χ1n) is 9.49. The number of aromatic nitrogens is 2. The van der Waals surface area contributed by atoms with Gasteiger partial charge in [-0.25, -0.2) is 0 Å². The molecule has 144 valence electrons. The fraction of sp³-hybridized carbons (Fsp3) is 0.778. The average Bonchev–Trinajstić information content (AvgIpc) is 2.99. The molecule has 1 aliphatic rings. The van der Waals surface area contributed by atoms with Gasteiger partial charge in [-0.15, -0.1) is 24.0 Å². The van der Waals surface area contributed by atoms with E-state index in [1.807, 2.05) is 6.20 Å². The van der Waals surface area contributed by atoms with Gasteiger partial charge in [0.25, 0.3) is 0 Å². The maximum atomic E-state index is 4.74. The van der Waals surface area contributed by atoms with E-state index in [0.717, 1.165) is 31.9 Å². The molecule has 0 aliphatic carbocycles. The van der Waals surface area contributed by atoms with E-state index in [0.29, 0.717) is 6.04 Å². The minimum atomic E-state index is 0. The smallest absolute Gasteiger partial charge is 0.191 e. The summed E-state index contributed by atoms with van der Waals surface area (Å²) in [6.45, 7) is 11.8. The zero-order valence-electron chi connectivity index (χ0n) is 16.0. The zero-order valence-corrected chi connectivity index (χ0v) is 18.3. The van der Waals surface area contributed by atoms with Crippen LogP contribution in [0, 0.1) is 6.92 Å². The molecule has 7 heteroatoms. The van der Waals surface area contributed by atoms with Crippen LogP contribution in [0.1, 0.15) is 50.8 Å². The molecule has 0 atom stereocenters. The highest BCUT2D eigenvalue weighted by Gasteiger charge is 2.19. The number of hydrogen-bond acceptors (Lipinski definition) is 3. The third-order valence-corrected chi connectivity index (χ3v) is 4.62. The van der Waals surface area contributed by atoms with Crippen molar-refractivity contribution >= 4 is 29.9 Å². The molecule has 0 bridgehead atoms. The van der Waals surface area contributed by atoms with Crippen molar-refractivity contribution in [3.05, 3.63) is 17.5 Å². The third kappa shape index (κ3) is 7.94. The van der Waals surface area contributed by atoms with Crippen molar-refractivity contribution < 1.29 is 0 Å². The Morgan fingerprint density at radius 3 is 2.72 bits per heavy atom. The van der Waals surface area contributed by atoms with Crippen LogP contribution in [0.25, 0.3) is 0 Å². The molecule has 2 heterocycles. The van der Waals surface area contributed by atoms with E-state index in [1.54, 1.807) is 0 Å². The molecule has 0 amide bonds. The van der Waals surface area contributed by atoms with E-state index in [9.17, 15) is 0 Å². The van der Waals surface area contributed by atoms with Crippen LogP contribution in [0.3, 0.4) is 0 Å². The van der Waals surface area contributed by atoms with Crippen molar-refractivity contribution in [2.24, 2.45) is 4.99 Å². The van der Waals surface area contributed by atoms with Crippen molar-refractivity contribution in [2.45, 2.75) is 58.9 Å². The number of hydrogen-bond donors (Lipinski definition) is 3. The van der Waals surface area contributed by atoms with Gasteiger partial charge in [0, 0.05) is 37.9 Å². The summed E-state index contributed by atoms with van der Waals surface area (Å²) in [4.78, 5) is 7.31. The molecule has 2 rings (SSSR count). The van der Waals surface area contributed by atoms with Crippen LogP contribution in [0.15, 0.2) is 11.2 Å². The van der Waals surface area contributed by atoms with Crippen molar-refractivity contribution in [3.63, 3.8) is 0 Å². The molecular formula is C18H35IN6. The molecule has 25 heavy (non-hydrogen) atoms. The van der Waals surface area contributed by atoms with Crippen molar-refractivity contribution in [2.75, 3.05) is 32.7 Å².